The van der Waals surface area contributed by atoms with Crippen LogP contribution >= 0.6 is 11.3 Å². The SMILES string of the molecule is OCCNc1nn2c(F)c(-c3ccc4ccccc4c3)nc2s1. The molecule has 0 unspecified atom stereocenters. The molecule has 0 aliphatic carbocycles. The molecule has 2 N–H and O–H groups in total. The third-order valence-corrected chi connectivity index (χ3v) is 4.43. The summed E-state index contributed by atoms with van der Waals surface area (Å²) < 4.78 is 15.8. The molecule has 0 atom stereocenters. The fraction of sp³-hybridized carbons (Fsp3) is 0.125. The molecule has 2 aromatic carbocycles. The zero-order valence-corrected chi connectivity index (χ0v) is 12.8. The first kappa shape index (κ1) is 14.1. The predicted molar refractivity (Wildman–Crippen MR) is 89.3 cm³/mol. The van der Waals surface area contributed by atoms with Gasteiger partial charge >= 0.3 is 0 Å². The Morgan fingerprint density at radius 2 is 2.00 bits per heavy atom. The quantitative estimate of drug-likeness (QED) is 0.604. The zero-order chi connectivity index (χ0) is 15.8. The smallest absolute Gasteiger partial charge is 0.243 e. The van der Waals surface area contributed by atoms with Gasteiger partial charge in [-0.2, -0.15) is 8.91 Å². The van der Waals surface area contributed by atoms with E-state index in [1.165, 1.54) is 15.9 Å². The summed E-state index contributed by atoms with van der Waals surface area (Å²) in [6, 6.07) is 13.7. The van der Waals surface area contributed by atoms with Gasteiger partial charge in [0.15, 0.2) is 0 Å². The fourth-order valence-electron chi connectivity index (χ4n) is 2.48. The number of halogens is 1. The number of hydrogen-bond donors (Lipinski definition) is 2. The van der Waals surface area contributed by atoms with E-state index in [9.17, 15) is 4.39 Å². The van der Waals surface area contributed by atoms with Crippen molar-refractivity contribution in [1.82, 2.24) is 14.6 Å². The molecule has 4 aromatic rings. The predicted octanol–water partition coefficient (Wildman–Crippen LogP) is 3.15. The summed E-state index contributed by atoms with van der Waals surface area (Å²) in [7, 11) is 0. The molecule has 2 aromatic heterocycles. The molecule has 0 saturated carbocycles. The van der Waals surface area contributed by atoms with Gasteiger partial charge in [0, 0.05) is 12.1 Å². The largest absolute Gasteiger partial charge is 0.395 e. The lowest BCUT2D eigenvalue weighted by Crippen LogP contribution is -2.05. The number of anilines is 1. The number of fused-ring (bicyclic) bond motifs is 2. The van der Waals surface area contributed by atoms with Gasteiger partial charge in [0.2, 0.25) is 16.0 Å². The van der Waals surface area contributed by atoms with Crippen molar-refractivity contribution in [3.05, 3.63) is 48.4 Å². The van der Waals surface area contributed by atoms with E-state index in [2.05, 4.69) is 15.4 Å². The average Bonchev–Trinajstić information content (AvgIpc) is 3.12. The van der Waals surface area contributed by atoms with Gasteiger partial charge in [-0.3, -0.25) is 0 Å². The maximum Gasteiger partial charge on any atom is 0.243 e. The number of imidazole rings is 1. The van der Waals surface area contributed by atoms with E-state index in [4.69, 9.17) is 5.11 Å². The normalized spacial score (nSPS) is 11.4. The van der Waals surface area contributed by atoms with Crippen LogP contribution in [0, 0.1) is 5.95 Å². The first-order valence-electron chi connectivity index (χ1n) is 7.15. The number of hydrogen-bond acceptors (Lipinski definition) is 5. The highest BCUT2D eigenvalue weighted by Crippen LogP contribution is 2.29. The lowest BCUT2D eigenvalue weighted by atomic mass is 10.1. The number of aromatic nitrogens is 3. The molecule has 4 rings (SSSR count). The minimum Gasteiger partial charge on any atom is -0.395 e. The molecule has 23 heavy (non-hydrogen) atoms. The molecule has 0 radical (unpaired) electrons. The lowest BCUT2D eigenvalue weighted by Gasteiger charge is -2.01. The van der Waals surface area contributed by atoms with Crippen molar-refractivity contribution in [3.8, 4) is 11.3 Å². The summed E-state index contributed by atoms with van der Waals surface area (Å²) >= 11 is 1.25. The molecular weight excluding hydrogens is 315 g/mol. The monoisotopic (exact) mass is 328 g/mol. The van der Waals surface area contributed by atoms with E-state index < -0.39 is 5.95 Å². The highest BCUT2D eigenvalue weighted by atomic mass is 32.1. The molecule has 7 heteroatoms. The van der Waals surface area contributed by atoms with Gasteiger partial charge in [-0.05, 0) is 16.8 Å². The van der Waals surface area contributed by atoms with Crippen molar-refractivity contribution in [2.75, 3.05) is 18.5 Å². The summed E-state index contributed by atoms with van der Waals surface area (Å²) in [5, 5.41) is 18.5. The van der Waals surface area contributed by atoms with E-state index in [1.807, 2.05) is 42.5 Å². The Morgan fingerprint density at radius 1 is 1.17 bits per heavy atom. The standard InChI is InChI=1S/C16H13FN4OS/c17-14-13(12-6-5-10-3-1-2-4-11(10)9-12)19-16-21(14)20-15(23-16)18-7-8-22/h1-6,9,22H,7-8H2,(H,18,20). The minimum absolute atomic E-state index is 0.00722. The van der Waals surface area contributed by atoms with Crippen LogP contribution in [0.15, 0.2) is 42.5 Å². The first-order chi connectivity index (χ1) is 11.3. The molecule has 5 nitrogen and oxygen atoms in total. The minimum atomic E-state index is -0.483. The van der Waals surface area contributed by atoms with Crippen molar-refractivity contribution < 1.29 is 9.50 Å². The second-order valence-electron chi connectivity index (χ2n) is 5.07. The van der Waals surface area contributed by atoms with Crippen molar-refractivity contribution in [1.29, 1.82) is 0 Å². The summed E-state index contributed by atoms with van der Waals surface area (Å²) in [5.74, 6) is -0.483. The number of aliphatic hydroxyl groups is 1. The number of nitrogens with one attached hydrogen (secondary N) is 1. The average molecular weight is 328 g/mol. The van der Waals surface area contributed by atoms with Gasteiger partial charge in [0.25, 0.3) is 0 Å². The fourth-order valence-corrected chi connectivity index (χ4v) is 3.29. The van der Waals surface area contributed by atoms with Gasteiger partial charge in [0.1, 0.15) is 5.69 Å². The topological polar surface area (TPSA) is 62.5 Å². The van der Waals surface area contributed by atoms with Gasteiger partial charge in [-0.15, -0.1) is 5.10 Å². The van der Waals surface area contributed by atoms with Crippen LogP contribution in [0.2, 0.25) is 0 Å². The van der Waals surface area contributed by atoms with Gasteiger partial charge in [-0.1, -0.05) is 47.7 Å². The Balaban J connectivity index is 1.78. The second kappa shape index (κ2) is 5.60. The molecule has 0 aliphatic rings. The van der Waals surface area contributed by atoms with Crippen LogP contribution in [0.25, 0.3) is 27.0 Å². The van der Waals surface area contributed by atoms with E-state index in [-0.39, 0.29) is 6.61 Å². The van der Waals surface area contributed by atoms with Gasteiger partial charge in [-0.25, -0.2) is 4.98 Å². The summed E-state index contributed by atoms with van der Waals surface area (Å²) in [6.45, 7) is 0.364. The third kappa shape index (κ3) is 2.43. The Kier molecular flexibility index (Phi) is 3.44. The Hall–Kier alpha value is -2.51. The van der Waals surface area contributed by atoms with Crippen LogP contribution in [0.1, 0.15) is 0 Å². The summed E-state index contributed by atoms with van der Waals surface area (Å²) in [5.41, 5.74) is 1.02. The van der Waals surface area contributed by atoms with Crippen molar-refractivity contribution in [2.24, 2.45) is 0 Å². The molecule has 0 aliphatic heterocycles. The van der Waals surface area contributed by atoms with Crippen LogP contribution in [0.3, 0.4) is 0 Å². The molecular formula is C16H13FN4OS. The van der Waals surface area contributed by atoms with Crippen LogP contribution in [0.4, 0.5) is 9.52 Å². The number of aliphatic hydroxyl groups excluding tert-OH is 1. The van der Waals surface area contributed by atoms with E-state index >= 15 is 0 Å². The van der Waals surface area contributed by atoms with Crippen LogP contribution in [0.5, 0.6) is 0 Å². The molecule has 116 valence electrons. The zero-order valence-electron chi connectivity index (χ0n) is 12.0. The molecule has 0 spiro atoms. The van der Waals surface area contributed by atoms with Gasteiger partial charge < -0.3 is 10.4 Å². The Bertz CT molecular complexity index is 994. The molecule has 0 amide bonds. The van der Waals surface area contributed by atoms with E-state index in [1.54, 1.807) is 0 Å². The van der Waals surface area contributed by atoms with Crippen molar-refractivity contribution >= 4 is 32.2 Å². The van der Waals surface area contributed by atoms with E-state index in [0.717, 1.165) is 16.3 Å². The highest BCUT2D eigenvalue weighted by molar-refractivity contribution is 7.20. The van der Waals surface area contributed by atoms with Crippen LogP contribution < -0.4 is 5.32 Å². The van der Waals surface area contributed by atoms with Crippen LogP contribution in [-0.4, -0.2) is 32.9 Å². The molecule has 0 fully saturated rings. The van der Waals surface area contributed by atoms with Crippen LogP contribution in [-0.2, 0) is 0 Å². The van der Waals surface area contributed by atoms with Crippen molar-refractivity contribution in [3.63, 3.8) is 0 Å². The summed E-state index contributed by atoms with van der Waals surface area (Å²) in [6.07, 6.45) is 0. The number of nitrogens with zero attached hydrogens (tertiary/aromatic N) is 3. The highest BCUT2D eigenvalue weighted by Gasteiger charge is 2.18. The lowest BCUT2D eigenvalue weighted by molar-refractivity contribution is 0.311. The first-order valence-corrected chi connectivity index (χ1v) is 7.97. The molecule has 2 heterocycles. The third-order valence-electron chi connectivity index (χ3n) is 3.56. The van der Waals surface area contributed by atoms with Gasteiger partial charge in [0.05, 0.1) is 6.61 Å². The second-order valence-corrected chi connectivity index (χ2v) is 6.02. The maximum atomic E-state index is 14.6. The van der Waals surface area contributed by atoms with E-state index in [0.29, 0.717) is 22.3 Å². The molecule has 0 bridgehead atoms. The number of rotatable bonds is 4. The van der Waals surface area contributed by atoms with Crippen molar-refractivity contribution in [2.45, 2.75) is 0 Å². The Labute approximate surface area is 135 Å². The molecule has 0 saturated heterocycles. The summed E-state index contributed by atoms with van der Waals surface area (Å²) in [4.78, 5) is 4.84. The Morgan fingerprint density at radius 3 is 2.78 bits per heavy atom. The maximum absolute atomic E-state index is 14.6. The number of benzene rings is 2.